The van der Waals surface area contributed by atoms with Gasteiger partial charge in [0, 0.05) is 30.8 Å². The molecule has 0 bridgehead atoms. The van der Waals surface area contributed by atoms with Crippen LogP contribution in [0.2, 0.25) is 0 Å². The third kappa shape index (κ3) is 5.26. The molecule has 2 N–H and O–H groups in total. The summed E-state index contributed by atoms with van der Waals surface area (Å²) in [5.74, 6) is -3.67. The van der Waals surface area contributed by atoms with Gasteiger partial charge in [-0.15, -0.1) is 24.2 Å². The Labute approximate surface area is 153 Å². The van der Waals surface area contributed by atoms with Crippen LogP contribution in [0.4, 0.5) is 13.2 Å². The molecule has 0 saturated carbocycles. The lowest BCUT2D eigenvalue weighted by molar-refractivity contribution is -0.148. The molecule has 0 aliphatic carbocycles. The highest BCUT2D eigenvalue weighted by Gasteiger charge is 2.35. The van der Waals surface area contributed by atoms with Crippen LogP contribution in [-0.4, -0.2) is 47.6 Å². The summed E-state index contributed by atoms with van der Waals surface area (Å²) in [5, 5.41) is -0.713. The highest BCUT2D eigenvalue weighted by Crippen LogP contribution is 2.26. The minimum atomic E-state index is -1.28. The zero-order valence-corrected chi connectivity index (χ0v) is 15.0. The van der Waals surface area contributed by atoms with Crippen molar-refractivity contribution in [3.8, 4) is 0 Å². The molecule has 1 aromatic carbocycles. The Hall–Kier alpha value is -1.45. The van der Waals surface area contributed by atoms with Gasteiger partial charge in [-0.25, -0.2) is 18.0 Å². The summed E-state index contributed by atoms with van der Waals surface area (Å²) in [6, 6.07) is 0.391. The van der Waals surface area contributed by atoms with Crippen molar-refractivity contribution in [2.75, 3.05) is 19.4 Å². The second-order valence-corrected chi connectivity index (χ2v) is 6.55. The average Bonchev–Trinajstić information content (AvgIpc) is 3.01. The van der Waals surface area contributed by atoms with Gasteiger partial charge in [0.2, 0.25) is 5.91 Å². The van der Waals surface area contributed by atoms with Crippen molar-refractivity contribution in [3.05, 3.63) is 35.1 Å². The first-order chi connectivity index (χ1) is 11.3. The van der Waals surface area contributed by atoms with E-state index in [2.05, 4.69) is 4.74 Å². The van der Waals surface area contributed by atoms with Gasteiger partial charge in [0.25, 0.3) is 0 Å². The van der Waals surface area contributed by atoms with Gasteiger partial charge in [0.15, 0.2) is 17.0 Å². The molecule has 2 rings (SSSR count). The quantitative estimate of drug-likeness (QED) is 0.605. The standard InChI is InChI=1S/C15H17F3N2O3S.ClH/c1-23-15(22)14-20(2-3-24-14)13(21)6-9(19)4-8-5-11(17)12(18)7-10(8)16;/h5,7,9,14H,2-4,6,19H2,1H3;1H/t9-,14?;/m1./s1. The van der Waals surface area contributed by atoms with Gasteiger partial charge in [0.1, 0.15) is 5.82 Å². The first-order valence-corrected chi connectivity index (χ1v) is 8.26. The Bertz CT molecular complexity index is 651. The first-order valence-electron chi connectivity index (χ1n) is 7.21. The van der Waals surface area contributed by atoms with Crippen LogP contribution in [0.3, 0.4) is 0 Å². The van der Waals surface area contributed by atoms with E-state index in [4.69, 9.17) is 5.73 Å². The van der Waals surface area contributed by atoms with Gasteiger partial charge in [-0.3, -0.25) is 4.79 Å². The molecular formula is C15H18ClF3N2O3S. The van der Waals surface area contributed by atoms with Crippen LogP contribution in [0.25, 0.3) is 0 Å². The van der Waals surface area contributed by atoms with E-state index in [0.29, 0.717) is 18.4 Å². The van der Waals surface area contributed by atoms with Gasteiger partial charge < -0.3 is 15.4 Å². The molecule has 1 amide bonds. The predicted octanol–water partition coefficient (Wildman–Crippen LogP) is 1.86. The zero-order chi connectivity index (χ0) is 17.9. The molecule has 25 heavy (non-hydrogen) atoms. The summed E-state index contributed by atoms with van der Waals surface area (Å²) in [6.07, 6.45) is -0.273. The normalized spacial score (nSPS) is 17.8. The van der Waals surface area contributed by atoms with Crippen molar-refractivity contribution < 1.29 is 27.5 Å². The topological polar surface area (TPSA) is 72.6 Å². The van der Waals surface area contributed by atoms with Crippen LogP contribution in [0.5, 0.6) is 0 Å². The number of rotatable bonds is 5. The first kappa shape index (κ1) is 21.6. The lowest BCUT2D eigenvalue weighted by Crippen LogP contribution is -2.42. The summed E-state index contributed by atoms with van der Waals surface area (Å²) in [6.45, 7) is 0.384. The van der Waals surface area contributed by atoms with Crippen LogP contribution >= 0.6 is 24.2 Å². The van der Waals surface area contributed by atoms with E-state index < -0.39 is 34.8 Å². The Morgan fingerprint density at radius 3 is 2.60 bits per heavy atom. The Morgan fingerprint density at radius 2 is 1.96 bits per heavy atom. The molecule has 1 aliphatic heterocycles. The number of ether oxygens (including phenoxy) is 1. The Kier molecular flexibility index (Phi) is 8.04. The van der Waals surface area contributed by atoms with E-state index in [-0.39, 0.29) is 36.7 Å². The molecule has 1 unspecified atom stereocenters. The number of hydrogen-bond acceptors (Lipinski definition) is 5. The number of benzene rings is 1. The molecule has 10 heteroatoms. The van der Waals surface area contributed by atoms with E-state index >= 15 is 0 Å². The van der Waals surface area contributed by atoms with E-state index in [1.54, 1.807) is 0 Å². The maximum atomic E-state index is 13.6. The molecule has 0 radical (unpaired) electrons. The van der Waals surface area contributed by atoms with Gasteiger partial charge in [-0.2, -0.15) is 0 Å². The van der Waals surface area contributed by atoms with Gasteiger partial charge >= 0.3 is 5.97 Å². The van der Waals surface area contributed by atoms with Crippen LogP contribution in [0, 0.1) is 17.5 Å². The fraction of sp³-hybridized carbons (Fsp3) is 0.467. The average molecular weight is 399 g/mol. The molecule has 0 spiro atoms. The number of halogens is 4. The summed E-state index contributed by atoms with van der Waals surface area (Å²) >= 11 is 1.29. The summed E-state index contributed by atoms with van der Waals surface area (Å²) in [4.78, 5) is 25.3. The number of esters is 1. The SMILES string of the molecule is COC(=O)C1SCCN1C(=O)C[C@H](N)Cc1cc(F)c(F)cc1F.Cl. The fourth-order valence-electron chi connectivity index (χ4n) is 2.44. The van der Waals surface area contributed by atoms with Crippen molar-refractivity contribution >= 4 is 36.0 Å². The number of carbonyl (C=O) groups excluding carboxylic acids is 2. The Balaban J connectivity index is 0.00000312. The molecular weight excluding hydrogens is 381 g/mol. The highest BCUT2D eigenvalue weighted by molar-refractivity contribution is 8.00. The molecule has 0 aromatic heterocycles. The van der Waals surface area contributed by atoms with Crippen LogP contribution in [-0.2, 0) is 20.7 Å². The number of nitrogens with two attached hydrogens (primary N) is 1. The molecule has 1 heterocycles. The van der Waals surface area contributed by atoms with E-state index in [9.17, 15) is 22.8 Å². The number of amides is 1. The third-order valence-electron chi connectivity index (χ3n) is 3.62. The number of hydrogen-bond donors (Lipinski definition) is 1. The molecule has 140 valence electrons. The number of carbonyl (C=O) groups is 2. The van der Waals surface area contributed by atoms with Crippen LogP contribution < -0.4 is 5.73 Å². The van der Waals surface area contributed by atoms with E-state index in [1.165, 1.54) is 23.8 Å². The molecule has 2 atom stereocenters. The van der Waals surface area contributed by atoms with Gasteiger partial charge in [-0.1, -0.05) is 0 Å². The second kappa shape index (κ2) is 9.30. The number of nitrogens with zero attached hydrogens (tertiary/aromatic N) is 1. The van der Waals surface area contributed by atoms with Gasteiger partial charge in [0.05, 0.1) is 7.11 Å². The molecule has 1 fully saturated rings. The minimum absolute atomic E-state index is 0. The van der Waals surface area contributed by atoms with Crippen LogP contribution in [0.1, 0.15) is 12.0 Å². The van der Waals surface area contributed by atoms with Crippen molar-refractivity contribution in [2.45, 2.75) is 24.3 Å². The van der Waals surface area contributed by atoms with Gasteiger partial charge in [-0.05, 0) is 18.1 Å². The second-order valence-electron chi connectivity index (χ2n) is 5.36. The molecule has 5 nitrogen and oxygen atoms in total. The largest absolute Gasteiger partial charge is 0.467 e. The maximum absolute atomic E-state index is 13.6. The third-order valence-corrected chi connectivity index (χ3v) is 4.80. The van der Waals surface area contributed by atoms with Crippen molar-refractivity contribution in [1.82, 2.24) is 4.90 Å². The summed E-state index contributed by atoms with van der Waals surface area (Å²) in [7, 11) is 1.24. The van der Waals surface area contributed by atoms with Crippen molar-refractivity contribution in [3.63, 3.8) is 0 Å². The monoisotopic (exact) mass is 398 g/mol. The number of methoxy groups -OCH3 is 1. The lowest BCUT2D eigenvalue weighted by Gasteiger charge is -2.23. The summed E-state index contributed by atoms with van der Waals surface area (Å²) < 4.78 is 44.4. The predicted molar refractivity (Wildman–Crippen MR) is 89.8 cm³/mol. The fourth-order valence-corrected chi connectivity index (χ4v) is 3.60. The van der Waals surface area contributed by atoms with Crippen molar-refractivity contribution in [2.24, 2.45) is 5.73 Å². The summed E-state index contributed by atoms with van der Waals surface area (Å²) in [5.41, 5.74) is 5.73. The molecule has 1 aromatic rings. The molecule has 1 saturated heterocycles. The zero-order valence-electron chi connectivity index (χ0n) is 13.3. The maximum Gasteiger partial charge on any atom is 0.339 e. The minimum Gasteiger partial charge on any atom is -0.467 e. The Morgan fingerprint density at radius 1 is 1.32 bits per heavy atom. The van der Waals surface area contributed by atoms with Crippen LogP contribution in [0.15, 0.2) is 12.1 Å². The smallest absolute Gasteiger partial charge is 0.339 e. The van der Waals surface area contributed by atoms with E-state index in [0.717, 1.165) is 6.07 Å². The lowest BCUT2D eigenvalue weighted by atomic mass is 10.0. The molecule has 1 aliphatic rings. The van der Waals surface area contributed by atoms with E-state index in [1.807, 2.05) is 0 Å². The number of thioether (sulfide) groups is 1. The van der Waals surface area contributed by atoms with Crippen molar-refractivity contribution in [1.29, 1.82) is 0 Å². The highest BCUT2D eigenvalue weighted by atomic mass is 35.5.